The molecule has 0 aliphatic rings. The quantitative estimate of drug-likeness (QED) is 0.729. The highest BCUT2D eigenvalue weighted by atomic mass is 16.5. The van der Waals surface area contributed by atoms with E-state index < -0.39 is 0 Å². The molecule has 3 rings (SSSR count). The summed E-state index contributed by atoms with van der Waals surface area (Å²) in [6, 6.07) is 13.4. The Bertz CT molecular complexity index is 742. The molecule has 4 heteroatoms. The molecule has 20 heavy (non-hydrogen) atoms. The number of nitrogens with zero attached hydrogens (tertiary/aromatic N) is 2. The van der Waals surface area contributed by atoms with Crippen LogP contribution in [0.2, 0.25) is 0 Å². The van der Waals surface area contributed by atoms with Crippen LogP contribution in [0.25, 0.3) is 22.3 Å². The fourth-order valence-corrected chi connectivity index (χ4v) is 2.17. The fraction of sp³-hybridized carbons (Fsp3) is 0.125. The van der Waals surface area contributed by atoms with E-state index in [0.717, 1.165) is 33.8 Å². The minimum Gasteiger partial charge on any atom is -0.496 e. The molecule has 1 aromatic carbocycles. The molecule has 0 amide bonds. The summed E-state index contributed by atoms with van der Waals surface area (Å²) in [5, 5.41) is 0.923. The van der Waals surface area contributed by atoms with Gasteiger partial charge in [-0.2, -0.15) is 0 Å². The van der Waals surface area contributed by atoms with E-state index in [1.165, 1.54) is 0 Å². The number of benzene rings is 1. The Balaban J connectivity index is 2.24. The van der Waals surface area contributed by atoms with E-state index in [-0.39, 0.29) is 0 Å². The van der Waals surface area contributed by atoms with Crippen LogP contribution in [-0.2, 0) is 0 Å². The average Bonchev–Trinajstić information content (AvgIpc) is 2.54. The second kappa shape index (κ2) is 5.17. The van der Waals surface area contributed by atoms with Crippen LogP contribution >= 0.6 is 0 Å². The van der Waals surface area contributed by atoms with Crippen LogP contribution < -0.4 is 9.47 Å². The third-order valence-electron chi connectivity index (χ3n) is 3.15. The normalized spacial score (nSPS) is 10.5. The van der Waals surface area contributed by atoms with Crippen molar-refractivity contribution in [3.05, 3.63) is 48.7 Å². The molecule has 4 nitrogen and oxygen atoms in total. The molecule has 0 fully saturated rings. The van der Waals surface area contributed by atoms with Crippen LogP contribution in [0.1, 0.15) is 0 Å². The first-order valence-electron chi connectivity index (χ1n) is 6.26. The topological polar surface area (TPSA) is 44.2 Å². The Morgan fingerprint density at radius 2 is 1.60 bits per heavy atom. The van der Waals surface area contributed by atoms with Crippen molar-refractivity contribution in [2.24, 2.45) is 0 Å². The van der Waals surface area contributed by atoms with Crippen molar-refractivity contribution in [2.45, 2.75) is 0 Å². The number of ether oxygens (including phenoxy) is 2. The van der Waals surface area contributed by atoms with Gasteiger partial charge in [0.1, 0.15) is 17.0 Å². The fourth-order valence-electron chi connectivity index (χ4n) is 2.17. The van der Waals surface area contributed by atoms with Crippen molar-refractivity contribution in [1.29, 1.82) is 0 Å². The number of hydrogen-bond donors (Lipinski definition) is 0. The summed E-state index contributed by atoms with van der Waals surface area (Å²) >= 11 is 0. The molecule has 0 saturated carbocycles. The van der Waals surface area contributed by atoms with Gasteiger partial charge in [-0.25, -0.2) is 4.98 Å². The van der Waals surface area contributed by atoms with Gasteiger partial charge in [0.2, 0.25) is 0 Å². The predicted octanol–water partition coefficient (Wildman–Crippen LogP) is 3.31. The Morgan fingerprint density at radius 1 is 0.800 bits per heavy atom. The van der Waals surface area contributed by atoms with Gasteiger partial charge in [0, 0.05) is 11.6 Å². The largest absolute Gasteiger partial charge is 0.496 e. The van der Waals surface area contributed by atoms with Crippen molar-refractivity contribution in [3.63, 3.8) is 0 Å². The molecule has 2 aromatic heterocycles. The molecule has 0 aliphatic heterocycles. The third-order valence-corrected chi connectivity index (χ3v) is 3.15. The first-order valence-corrected chi connectivity index (χ1v) is 6.26. The molecule has 0 spiro atoms. The number of methoxy groups -OCH3 is 2. The highest BCUT2D eigenvalue weighted by molar-refractivity contribution is 5.91. The van der Waals surface area contributed by atoms with E-state index in [4.69, 9.17) is 9.47 Å². The summed E-state index contributed by atoms with van der Waals surface area (Å²) in [6.07, 6.45) is 1.75. The lowest BCUT2D eigenvalue weighted by molar-refractivity contribution is 0.410. The minimum absolute atomic E-state index is 0.721. The molecular formula is C16H14N2O2. The summed E-state index contributed by atoms with van der Waals surface area (Å²) in [7, 11) is 3.28. The molecule has 0 bridgehead atoms. The number of pyridine rings is 2. The molecule has 100 valence electrons. The van der Waals surface area contributed by atoms with Gasteiger partial charge in [-0.15, -0.1) is 0 Å². The van der Waals surface area contributed by atoms with Gasteiger partial charge in [-0.05, 0) is 36.4 Å². The Labute approximate surface area is 117 Å². The lowest BCUT2D eigenvalue weighted by atomic mass is 10.1. The highest BCUT2D eigenvalue weighted by Crippen LogP contribution is 2.33. The average molecular weight is 266 g/mol. The summed E-state index contributed by atoms with van der Waals surface area (Å²) in [5.41, 5.74) is 2.42. The van der Waals surface area contributed by atoms with Gasteiger partial charge in [0.05, 0.1) is 25.6 Å². The first-order chi connectivity index (χ1) is 9.83. The van der Waals surface area contributed by atoms with Crippen LogP contribution in [0.15, 0.2) is 48.7 Å². The van der Waals surface area contributed by atoms with E-state index in [2.05, 4.69) is 9.97 Å². The summed E-state index contributed by atoms with van der Waals surface area (Å²) in [6.45, 7) is 0. The maximum absolute atomic E-state index is 5.38. The molecular weight excluding hydrogens is 252 g/mol. The second-order valence-electron chi connectivity index (χ2n) is 4.28. The monoisotopic (exact) mass is 266 g/mol. The molecule has 0 atom stereocenters. The van der Waals surface area contributed by atoms with E-state index in [1.54, 1.807) is 20.4 Å². The number of hydrogen-bond acceptors (Lipinski definition) is 4. The van der Waals surface area contributed by atoms with E-state index in [1.807, 2.05) is 42.5 Å². The Morgan fingerprint density at radius 3 is 2.30 bits per heavy atom. The number of rotatable bonds is 3. The van der Waals surface area contributed by atoms with Crippen LogP contribution in [-0.4, -0.2) is 24.2 Å². The third kappa shape index (κ3) is 2.05. The van der Waals surface area contributed by atoms with Crippen LogP contribution in [0.3, 0.4) is 0 Å². The number of fused-ring (bicyclic) bond motifs is 1. The lowest BCUT2D eigenvalue weighted by Crippen LogP contribution is -1.93. The van der Waals surface area contributed by atoms with Crippen molar-refractivity contribution in [1.82, 2.24) is 9.97 Å². The number of aromatic nitrogens is 2. The van der Waals surface area contributed by atoms with Gasteiger partial charge in [-0.1, -0.05) is 6.07 Å². The van der Waals surface area contributed by atoms with Crippen LogP contribution in [0, 0.1) is 0 Å². The molecule has 3 aromatic rings. The Kier molecular flexibility index (Phi) is 3.21. The smallest absolute Gasteiger partial charge is 0.145 e. The molecule has 0 saturated heterocycles. The van der Waals surface area contributed by atoms with Gasteiger partial charge in [0.25, 0.3) is 0 Å². The zero-order valence-electron chi connectivity index (χ0n) is 11.3. The van der Waals surface area contributed by atoms with Crippen LogP contribution in [0.5, 0.6) is 11.5 Å². The maximum Gasteiger partial charge on any atom is 0.145 e. The molecule has 2 heterocycles. The summed E-state index contributed by atoms with van der Waals surface area (Å²) in [4.78, 5) is 8.98. The molecule has 0 radical (unpaired) electrons. The van der Waals surface area contributed by atoms with Crippen molar-refractivity contribution in [3.8, 4) is 22.9 Å². The predicted molar refractivity (Wildman–Crippen MR) is 78.1 cm³/mol. The zero-order valence-corrected chi connectivity index (χ0v) is 11.3. The second-order valence-corrected chi connectivity index (χ2v) is 4.28. The molecule has 0 aliphatic carbocycles. The van der Waals surface area contributed by atoms with E-state index in [9.17, 15) is 0 Å². The lowest BCUT2D eigenvalue weighted by Gasteiger charge is -2.10. The minimum atomic E-state index is 0.721. The highest BCUT2D eigenvalue weighted by Gasteiger charge is 2.10. The van der Waals surface area contributed by atoms with Gasteiger partial charge >= 0.3 is 0 Å². The Hall–Kier alpha value is -2.62. The standard InChI is InChI=1S/C16H14N2O2/c1-19-14-8-9-15(20-2)16-11(14)6-7-13(18-16)12-5-3-4-10-17-12/h3-10H,1-2H3. The maximum atomic E-state index is 5.38. The SMILES string of the molecule is COc1ccc(OC)c2nc(-c3ccccn3)ccc12. The van der Waals surface area contributed by atoms with E-state index >= 15 is 0 Å². The van der Waals surface area contributed by atoms with Crippen molar-refractivity contribution >= 4 is 10.9 Å². The van der Waals surface area contributed by atoms with Crippen molar-refractivity contribution < 1.29 is 9.47 Å². The summed E-state index contributed by atoms with van der Waals surface area (Å²) in [5.74, 6) is 1.50. The van der Waals surface area contributed by atoms with Crippen LogP contribution in [0.4, 0.5) is 0 Å². The van der Waals surface area contributed by atoms with Gasteiger partial charge in [-0.3, -0.25) is 4.98 Å². The molecule has 0 unspecified atom stereocenters. The van der Waals surface area contributed by atoms with Gasteiger partial charge in [0.15, 0.2) is 0 Å². The molecule has 0 N–H and O–H groups in total. The first kappa shape index (κ1) is 12.4. The summed E-state index contributed by atoms with van der Waals surface area (Å²) < 4.78 is 10.7. The van der Waals surface area contributed by atoms with Gasteiger partial charge < -0.3 is 9.47 Å². The van der Waals surface area contributed by atoms with Crippen molar-refractivity contribution in [2.75, 3.05) is 14.2 Å². The van der Waals surface area contributed by atoms with E-state index in [0.29, 0.717) is 0 Å². The zero-order chi connectivity index (χ0) is 13.9.